The fourth-order valence-electron chi connectivity index (χ4n) is 3.10. The number of non-ortho nitro benzene ring substituents is 1. The minimum atomic E-state index is -0.521. The van der Waals surface area contributed by atoms with E-state index in [4.69, 9.17) is 0 Å². The lowest BCUT2D eigenvalue weighted by molar-refractivity contribution is -0.384. The molecule has 1 aliphatic rings. The summed E-state index contributed by atoms with van der Waals surface area (Å²) >= 11 is 0. The van der Waals surface area contributed by atoms with Gasteiger partial charge in [-0.15, -0.1) is 0 Å². The Morgan fingerprint density at radius 2 is 1.96 bits per heavy atom. The molecular weight excluding hydrogens is 333 g/mol. The standard InChI is InChI=1S/C20H18FN3O2/c21-20-13-18(23-9-2-1-3-10-23)8-7-16(20)11-17(14-22)15-5-4-6-19(12-15)24(25)26/h4-8,11-13H,1-3,9-10H2/b17-11-. The first kappa shape index (κ1) is 17.6. The van der Waals surface area contributed by atoms with E-state index in [-0.39, 0.29) is 16.8 Å². The molecule has 1 aliphatic heterocycles. The van der Waals surface area contributed by atoms with Crippen LogP contribution in [0.3, 0.4) is 0 Å². The minimum absolute atomic E-state index is 0.107. The first-order valence-electron chi connectivity index (χ1n) is 8.49. The van der Waals surface area contributed by atoms with Crippen LogP contribution in [0, 0.1) is 27.3 Å². The molecule has 3 rings (SSSR count). The maximum absolute atomic E-state index is 14.5. The summed E-state index contributed by atoms with van der Waals surface area (Å²) in [5.41, 5.74) is 1.59. The third kappa shape index (κ3) is 3.89. The summed E-state index contributed by atoms with van der Waals surface area (Å²) in [6.07, 6.45) is 4.84. The predicted octanol–water partition coefficient (Wildman–Crippen LogP) is 4.79. The Kier molecular flexibility index (Phi) is 5.28. The van der Waals surface area contributed by atoms with E-state index in [9.17, 15) is 19.8 Å². The largest absolute Gasteiger partial charge is 0.371 e. The predicted molar refractivity (Wildman–Crippen MR) is 99.0 cm³/mol. The van der Waals surface area contributed by atoms with Crippen LogP contribution in [0.4, 0.5) is 15.8 Å². The van der Waals surface area contributed by atoms with Gasteiger partial charge >= 0.3 is 0 Å². The topological polar surface area (TPSA) is 70.2 Å². The molecule has 2 aromatic carbocycles. The fourth-order valence-corrected chi connectivity index (χ4v) is 3.10. The highest BCUT2D eigenvalue weighted by molar-refractivity contribution is 5.90. The monoisotopic (exact) mass is 351 g/mol. The molecule has 0 aromatic heterocycles. The average molecular weight is 351 g/mol. The quantitative estimate of drug-likeness (QED) is 0.344. The maximum atomic E-state index is 14.5. The van der Waals surface area contributed by atoms with Gasteiger partial charge in [-0.2, -0.15) is 5.26 Å². The van der Waals surface area contributed by atoms with Crippen LogP contribution in [0.25, 0.3) is 11.6 Å². The number of nitro groups is 1. The van der Waals surface area contributed by atoms with Gasteiger partial charge in [0.2, 0.25) is 0 Å². The molecule has 0 spiro atoms. The van der Waals surface area contributed by atoms with E-state index in [2.05, 4.69) is 4.90 Å². The summed E-state index contributed by atoms with van der Waals surface area (Å²) in [6, 6.07) is 12.8. The number of benzene rings is 2. The molecule has 6 heteroatoms. The number of hydrogen-bond acceptors (Lipinski definition) is 4. The lowest BCUT2D eigenvalue weighted by Crippen LogP contribution is -2.29. The molecule has 5 nitrogen and oxygen atoms in total. The summed E-state index contributed by atoms with van der Waals surface area (Å²) in [7, 11) is 0. The van der Waals surface area contributed by atoms with Crippen molar-refractivity contribution < 1.29 is 9.31 Å². The van der Waals surface area contributed by atoms with E-state index in [1.807, 2.05) is 12.1 Å². The number of halogens is 1. The first-order chi connectivity index (χ1) is 12.6. The lowest BCUT2D eigenvalue weighted by atomic mass is 10.0. The third-order valence-corrected chi connectivity index (χ3v) is 4.49. The number of allylic oxidation sites excluding steroid dienone is 1. The van der Waals surface area contributed by atoms with Gasteiger partial charge in [0.1, 0.15) is 5.82 Å². The smallest absolute Gasteiger partial charge is 0.270 e. The van der Waals surface area contributed by atoms with Crippen molar-refractivity contribution in [3.8, 4) is 6.07 Å². The Morgan fingerprint density at radius 3 is 2.62 bits per heavy atom. The fraction of sp³-hybridized carbons (Fsp3) is 0.250. The third-order valence-electron chi connectivity index (χ3n) is 4.49. The minimum Gasteiger partial charge on any atom is -0.371 e. The molecule has 132 valence electrons. The van der Waals surface area contributed by atoms with E-state index in [1.165, 1.54) is 36.8 Å². The second kappa shape index (κ2) is 7.79. The molecule has 0 unspecified atom stereocenters. The molecule has 0 radical (unpaired) electrons. The van der Waals surface area contributed by atoms with Crippen LogP contribution in [-0.2, 0) is 0 Å². The number of nitriles is 1. The van der Waals surface area contributed by atoms with E-state index >= 15 is 0 Å². The normalized spacial score (nSPS) is 14.8. The van der Waals surface area contributed by atoms with Crippen molar-refractivity contribution in [1.29, 1.82) is 5.26 Å². The summed E-state index contributed by atoms with van der Waals surface area (Å²) in [5.74, 6) is -0.411. The zero-order valence-corrected chi connectivity index (χ0v) is 14.2. The maximum Gasteiger partial charge on any atom is 0.270 e. The van der Waals surface area contributed by atoms with Crippen molar-refractivity contribution >= 4 is 23.0 Å². The second-order valence-corrected chi connectivity index (χ2v) is 6.23. The van der Waals surface area contributed by atoms with Gasteiger partial charge in [0.15, 0.2) is 0 Å². The van der Waals surface area contributed by atoms with Crippen molar-refractivity contribution in [1.82, 2.24) is 0 Å². The molecule has 1 saturated heterocycles. The Labute approximate surface area is 151 Å². The van der Waals surface area contributed by atoms with Crippen molar-refractivity contribution in [2.24, 2.45) is 0 Å². The highest BCUT2D eigenvalue weighted by Crippen LogP contribution is 2.26. The van der Waals surface area contributed by atoms with E-state index < -0.39 is 10.7 Å². The Balaban J connectivity index is 1.91. The molecule has 0 N–H and O–H groups in total. The molecule has 2 aromatic rings. The zero-order chi connectivity index (χ0) is 18.5. The number of rotatable bonds is 4. The Morgan fingerprint density at radius 1 is 1.19 bits per heavy atom. The summed E-state index contributed by atoms with van der Waals surface area (Å²) in [4.78, 5) is 12.5. The van der Waals surface area contributed by atoms with E-state index in [0.717, 1.165) is 31.6 Å². The number of nitrogens with zero attached hydrogens (tertiary/aromatic N) is 3. The van der Waals surface area contributed by atoms with Crippen LogP contribution in [-0.4, -0.2) is 18.0 Å². The van der Waals surface area contributed by atoms with Crippen LogP contribution in [0.1, 0.15) is 30.4 Å². The average Bonchev–Trinajstić information content (AvgIpc) is 2.67. The van der Waals surface area contributed by atoms with Gasteiger partial charge in [0, 0.05) is 36.5 Å². The molecule has 1 heterocycles. The van der Waals surface area contributed by atoms with Crippen molar-refractivity contribution in [2.75, 3.05) is 18.0 Å². The van der Waals surface area contributed by atoms with Crippen molar-refractivity contribution in [2.45, 2.75) is 19.3 Å². The van der Waals surface area contributed by atoms with Crippen LogP contribution in [0.5, 0.6) is 0 Å². The molecule has 1 fully saturated rings. The summed E-state index contributed by atoms with van der Waals surface area (Å²) in [6.45, 7) is 1.84. The van der Waals surface area contributed by atoms with Gasteiger partial charge in [0.25, 0.3) is 5.69 Å². The van der Waals surface area contributed by atoms with Gasteiger partial charge < -0.3 is 4.90 Å². The number of piperidine rings is 1. The Hall–Kier alpha value is -3.20. The van der Waals surface area contributed by atoms with E-state index in [0.29, 0.717) is 5.56 Å². The SMILES string of the molecule is N#C/C(=C/c1ccc(N2CCCCC2)cc1F)c1cccc([N+](=O)[O-])c1. The van der Waals surface area contributed by atoms with Crippen LogP contribution >= 0.6 is 0 Å². The second-order valence-electron chi connectivity index (χ2n) is 6.23. The van der Waals surface area contributed by atoms with Crippen LogP contribution in [0.15, 0.2) is 42.5 Å². The van der Waals surface area contributed by atoms with Gasteiger partial charge in [-0.05, 0) is 49.1 Å². The lowest BCUT2D eigenvalue weighted by Gasteiger charge is -2.28. The van der Waals surface area contributed by atoms with Crippen LogP contribution < -0.4 is 4.90 Å². The van der Waals surface area contributed by atoms with Crippen molar-refractivity contribution in [3.63, 3.8) is 0 Å². The zero-order valence-electron chi connectivity index (χ0n) is 14.2. The molecule has 0 atom stereocenters. The van der Waals surface area contributed by atoms with E-state index in [1.54, 1.807) is 12.1 Å². The van der Waals surface area contributed by atoms with Gasteiger partial charge in [-0.1, -0.05) is 12.1 Å². The van der Waals surface area contributed by atoms with Crippen molar-refractivity contribution in [3.05, 3.63) is 69.5 Å². The summed E-state index contributed by atoms with van der Waals surface area (Å²) in [5, 5.41) is 20.3. The van der Waals surface area contributed by atoms with Gasteiger partial charge in [-0.25, -0.2) is 4.39 Å². The Bertz CT molecular complexity index is 896. The van der Waals surface area contributed by atoms with Gasteiger partial charge in [0.05, 0.1) is 16.6 Å². The van der Waals surface area contributed by atoms with Crippen LogP contribution in [0.2, 0.25) is 0 Å². The number of hydrogen-bond donors (Lipinski definition) is 0. The molecule has 0 amide bonds. The molecule has 0 aliphatic carbocycles. The molecule has 0 saturated carbocycles. The van der Waals surface area contributed by atoms with Gasteiger partial charge in [-0.3, -0.25) is 10.1 Å². The molecule has 0 bridgehead atoms. The number of anilines is 1. The summed E-state index contributed by atoms with van der Waals surface area (Å²) < 4.78 is 14.5. The highest BCUT2D eigenvalue weighted by atomic mass is 19.1. The highest BCUT2D eigenvalue weighted by Gasteiger charge is 2.14. The molecule has 26 heavy (non-hydrogen) atoms. The first-order valence-corrected chi connectivity index (χ1v) is 8.49. The number of nitro benzene ring substituents is 1. The molecular formula is C20H18FN3O2.